The predicted octanol–water partition coefficient (Wildman–Crippen LogP) is 3.63. The molecule has 2 aromatic rings. The lowest BCUT2D eigenvalue weighted by Crippen LogP contribution is -2.53. The van der Waals surface area contributed by atoms with Crippen LogP contribution in [0.2, 0.25) is 0 Å². The molecule has 0 spiro atoms. The molecule has 1 fully saturated rings. The molecule has 9 nitrogen and oxygen atoms in total. The molecule has 4 rings (SSSR count). The van der Waals surface area contributed by atoms with Crippen LogP contribution in [0.3, 0.4) is 0 Å². The third-order valence-electron chi connectivity index (χ3n) is 6.16. The molecule has 0 unspecified atom stereocenters. The molecule has 0 bridgehead atoms. The number of fused-ring (bicyclic) bond motifs is 2. The van der Waals surface area contributed by atoms with E-state index < -0.39 is 0 Å². The maximum atomic E-state index is 13.3. The zero-order chi connectivity index (χ0) is 24.9. The van der Waals surface area contributed by atoms with Crippen LogP contribution in [0.25, 0.3) is 0 Å². The summed E-state index contributed by atoms with van der Waals surface area (Å²) < 4.78 is 12.2. The first-order valence-corrected chi connectivity index (χ1v) is 11.9. The van der Waals surface area contributed by atoms with Gasteiger partial charge in [0, 0.05) is 24.5 Å². The van der Waals surface area contributed by atoms with Crippen LogP contribution < -0.4 is 20.7 Å². The topological polar surface area (TPSA) is 109 Å². The summed E-state index contributed by atoms with van der Waals surface area (Å²) >= 11 is 0. The number of urea groups is 1. The van der Waals surface area contributed by atoms with E-state index in [1.54, 1.807) is 30.1 Å². The third-order valence-corrected chi connectivity index (χ3v) is 6.16. The van der Waals surface area contributed by atoms with Gasteiger partial charge in [-0.3, -0.25) is 9.59 Å². The molecule has 3 atom stereocenters. The van der Waals surface area contributed by atoms with Crippen molar-refractivity contribution in [2.75, 3.05) is 24.3 Å². The van der Waals surface area contributed by atoms with Gasteiger partial charge in [0.15, 0.2) is 0 Å². The largest absolute Gasteiger partial charge is 0.490 e. The van der Waals surface area contributed by atoms with Crippen molar-refractivity contribution in [3.8, 4) is 5.75 Å². The highest BCUT2D eigenvalue weighted by molar-refractivity contribution is 5.99. The highest BCUT2D eigenvalue weighted by Gasteiger charge is 2.39. The monoisotopic (exact) mass is 480 g/mol. The Labute approximate surface area is 205 Å². The number of likely N-dealkylation sites (N-methyl/N-ethyl adjacent to an activating group) is 1. The normalized spacial score (nSPS) is 21.7. The van der Waals surface area contributed by atoms with Gasteiger partial charge in [-0.05, 0) is 57.0 Å². The molecule has 0 saturated carbocycles. The van der Waals surface area contributed by atoms with Gasteiger partial charge >= 0.3 is 6.03 Å². The van der Waals surface area contributed by atoms with Crippen LogP contribution in [0.1, 0.15) is 43.5 Å². The lowest BCUT2D eigenvalue weighted by molar-refractivity contribution is -0.130. The summed E-state index contributed by atoms with van der Waals surface area (Å²) in [5.74, 6) is 0.122. The number of amides is 4. The van der Waals surface area contributed by atoms with E-state index in [1.165, 1.54) is 0 Å². The van der Waals surface area contributed by atoms with Gasteiger partial charge in [0.05, 0.1) is 24.1 Å². The van der Waals surface area contributed by atoms with Crippen molar-refractivity contribution in [2.45, 2.75) is 57.4 Å². The fourth-order valence-corrected chi connectivity index (χ4v) is 4.47. The molecule has 1 saturated heterocycles. The van der Waals surface area contributed by atoms with Gasteiger partial charge in [-0.15, -0.1) is 0 Å². The Morgan fingerprint density at radius 2 is 1.83 bits per heavy atom. The molecule has 2 heterocycles. The van der Waals surface area contributed by atoms with Crippen molar-refractivity contribution >= 4 is 29.2 Å². The summed E-state index contributed by atoms with van der Waals surface area (Å²) in [4.78, 5) is 39.6. The summed E-state index contributed by atoms with van der Waals surface area (Å²) in [7, 11) is 1.76. The van der Waals surface area contributed by atoms with Crippen LogP contribution in [0.4, 0.5) is 16.2 Å². The van der Waals surface area contributed by atoms with E-state index in [4.69, 9.17) is 9.47 Å². The summed E-state index contributed by atoms with van der Waals surface area (Å²) in [6.07, 6.45) is 0.987. The first-order chi connectivity index (χ1) is 16.8. The Bertz CT molecular complexity index is 1070. The highest BCUT2D eigenvalue weighted by Crippen LogP contribution is 2.32. The van der Waals surface area contributed by atoms with Gasteiger partial charge in [0.2, 0.25) is 5.91 Å². The number of benzene rings is 2. The zero-order valence-corrected chi connectivity index (χ0v) is 20.2. The summed E-state index contributed by atoms with van der Waals surface area (Å²) in [5.41, 5.74) is 1.64. The van der Waals surface area contributed by atoms with Crippen LogP contribution >= 0.6 is 0 Å². The molecule has 0 aromatic heterocycles. The van der Waals surface area contributed by atoms with Crippen LogP contribution in [-0.2, 0) is 9.53 Å². The number of hydrogen-bond donors (Lipinski definition) is 3. The molecule has 0 radical (unpaired) electrons. The second-order valence-corrected chi connectivity index (χ2v) is 9.25. The minimum Gasteiger partial charge on any atom is -0.490 e. The van der Waals surface area contributed by atoms with Gasteiger partial charge < -0.3 is 30.3 Å². The Hall–Kier alpha value is -3.59. The van der Waals surface area contributed by atoms with E-state index in [9.17, 15) is 14.4 Å². The molecule has 2 aromatic carbocycles. The van der Waals surface area contributed by atoms with Crippen molar-refractivity contribution in [1.29, 1.82) is 0 Å². The average molecular weight is 481 g/mol. The van der Waals surface area contributed by atoms with E-state index >= 15 is 0 Å². The summed E-state index contributed by atoms with van der Waals surface area (Å²) in [6, 6.07) is 13.8. The van der Waals surface area contributed by atoms with Crippen molar-refractivity contribution in [2.24, 2.45) is 0 Å². The first-order valence-electron chi connectivity index (χ1n) is 11.9. The van der Waals surface area contributed by atoms with E-state index in [0.29, 0.717) is 29.8 Å². The van der Waals surface area contributed by atoms with Gasteiger partial charge in [0.25, 0.3) is 5.91 Å². The average Bonchev–Trinajstić information content (AvgIpc) is 2.82. The number of nitrogens with one attached hydrogen (secondary N) is 3. The predicted molar refractivity (Wildman–Crippen MR) is 133 cm³/mol. The van der Waals surface area contributed by atoms with E-state index in [1.807, 2.05) is 44.2 Å². The Morgan fingerprint density at radius 3 is 2.57 bits per heavy atom. The third kappa shape index (κ3) is 6.10. The summed E-state index contributed by atoms with van der Waals surface area (Å²) in [5, 5.41) is 8.41. The Morgan fingerprint density at radius 1 is 1.06 bits per heavy atom. The second-order valence-electron chi connectivity index (χ2n) is 9.25. The number of hydrogen-bond acceptors (Lipinski definition) is 5. The van der Waals surface area contributed by atoms with Crippen LogP contribution in [0.15, 0.2) is 48.5 Å². The van der Waals surface area contributed by atoms with Crippen molar-refractivity contribution in [3.63, 3.8) is 0 Å². The minimum absolute atomic E-state index is 0.00749. The Balaban J connectivity index is 1.42. The standard InChI is InChI=1S/C26H32N4O5/c1-16(2)27-26(33)29-18-9-12-22-20(13-18)25(32)30(3)21-11-10-19(35-23(21)15-34-22)14-24(31)28-17-7-5-4-6-8-17/h4-9,12-13,16,19,21,23H,10-11,14-15H2,1-3H3,(H,28,31)(H2,27,29,33)/t19-,21+,23-/m1/s1. The molecule has 186 valence electrons. The second kappa shape index (κ2) is 10.8. The van der Waals surface area contributed by atoms with Crippen molar-refractivity contribution in [3.05, 3.63) is 54.1 Å². The van der Waals surface area contributed by atoms with E-state index in [-0.39, 0.29) is 55.2 Å². The number of anilines is 2. The van der Waals surface area contributed by atoms with Gasteiger partial charge in [-0.1, -0.05) is 18.2 Å². The fourth-order valence-electron chi connectivity index (χ4n) is 4.47. The van der Waals surface area contributed by atoms with Crippen molar-refractivity contribution in [1.82, 2.24) is 10.2 Å². The van der Waals surface area contributed by atoms with Gasteiger partial charge in [0.1, 0.15) is 18.5 Å². The maximum absolute atomic E-state index is 13.3. The molecule has 2 aliphatic rings. The lowest BCUT2D eigenvalue weighted by Gasteiger charge is -2.42. The molecule has 0 aliphatic carbocycles. The molecular weight excluding hydrogens is 448 g/mol. The van der Waals surface area contributed by atoms with Crippen LogP contribution in [0.5, 0.6) is 5.75 Å². The van der Waals surface area contributed by atoms with E-state index in [2.05, 4.69) is 16.0 Å². The molecule has 2 aliphatic heterocycles. The van der Waals surface area contributed by atoms with Gasteiger partial charge in [-0.2, -0.15) is 0 Å². The minimum atomic E-state index is -0.352. The quantitative estimate of drug-likeness (QED) is 0.606. The first kappa shape index (κ1) is 24.5. The number of nitrogens with zero attached hydrogens (tertiary/aromatic N) is 1. The maximum Gasteiger partial charge on any atom is 0.319 e. The molecule has 3 N–H and O–H groups in total. The number of carbonyl (C=O) groups is 3. The van der Waals surface area contributed by atoms with E-state index in [0.717, 1.165) is 5.69 Å². The van der Waals surface area contributed by atoms with Crippen LogP contribution in [0, 0.1) is 0 Å². The SMILES string of the molecule is CC(C)NC(=O)Nc1ccc2c(c1)C(=O)N(C)[C@H]1CC[C@H](CC(=O)Nc3ccccc3)O[C@@H]1CO2. The number of carbonyl (C=O) groups excluding carboxylic acids is 3. The van der Waals surface area contributed by atoms with Crippen LogP contribution in [-0.4, -0.2) is 60.7 Å². The smallest absolute Gasteiger partial charge is 0.319 e. The number of rotatable bonds is 5. The van der Waals surface area contributed by atoms with Crippen molar-refractivity contribution < 1.29 is 23.9 Å². The molecule has 4 amide bonds. The Kier molecular flexibility index (Phi) is 7.55. The highest BCUT2D eigenvalue weighted by atomic mass is 16.5. The molecular formula is C26H32N4O5. The molecule has 9 heteroatoms. The number of ether oxygens (including phenoxy) is 2. The summed E-state index contributed by atoms with van der Waals surface area (Å²) in [6.45, 7) is 4.00. The number of para-hydroxylation sites is 1. The molecule has 35 heavy (non-hydrogen) atoms. The fraction of sp³-hybridized carbons (Fsp3) is 0.423. The lowest BCUT2D eigenvalue weighted by atomic mass is 9.94. The van der Waals surface area contributed by atoms with Gasteiger partial charge in [-0.25, -0.2) is 4.79 Å². The zero-order valence-electron chi connectivity index (χ0n) is 20.2.